The summed E-state index contributed by atoms with van der Waals surface area (Å²) in [5.74, 6) is 0. The highest BCUT2D eigenvalue weighted by Gasteiger charge is 2.22. The van der Waals surface area contributed by atoms with Gasteiger partial charge in [0, 0.05) is 12.6 Å². The van der Waals surface area contributed by atoms with Gasteiger partial charge in [-0.05, 0) is 38.8 Å². The van der Waals surface area contributed by atoms with Gasteiger partial charge in [0.15, 0.2) is 0 Å². The molecule has 0 aromatic rings. The Morgan fingerprint density at radius 3 is 2.18 bits per heavy atom. The summed E-state index contributed by atoms with van der Waals surface area (Å²) in [6, 6.07) is 0.444. The topological polar surface area (TPSA) is 43.7 Å². The van der Waals surface area contributed by atoms with Gasteiger partial charge in [-0.25, -0.2) is 0 Å². The summed E-state index contributed by atoms with van der Waals surface area (Å²) in [6.45, 7) is 3.03. The summed E-state index contributed by atoms with van der Waals surface area (Å²) < 4.78 is 0. The third kappa shape index (κ3) is 6.39. The smallest absolute Gasteiger partial charge is 0.0586 e. The molecule has 1 aliphatic rings. The molecule has 1 heterocycles. The zero-order valence-electron chi connectivity index (χ0n) is 11.1. The molecule has 0 bridgehead atoms. The van der Waals surface area contributed by atoms with Gasteiger partial charge >= 0.3 is 0 Å². The summed E-state index contributed by atoms with van der Waals surface area (Å²) in [7, 11) is 0. The summed E-state index contributed by atoms with van der Waals surface area (Å²) in [4.78, 5) is 2.45. The monoisotopic (exact) mass is 243 g/mol. The number of likely N-dealkylation sites (tertiary alicyclic amines) is 1. The van der Waals surface area contributed by atoms with E-state index in [4.69, 9.17) is 5.11 Å². The maximum Gasteiger partial charge on any atom is 0.0586 e. The lowest BCUT2D eigenvalue weighted by molar-refractivity contribution is 0.157. The molecule has 1 aliphatic heterocycles. The van der Waals surface area contributed by atoms with Crippen LogP contribution in [0.15, 0.2) is 0 Å². The van der Waals surface area contributed by atoms with Crippen molar-refractivity contribution in [2.45, 2.75) is 63.8 Å². The largest absolute Gasteiger partial charge is 0.396 e. The molecule has 0 spiro atoms. The van der Waals surface area contributed by atoms with Crippen LogP contribution in [0.25, 0.3) is 0 Å². The fourth-order valence-corrected chi connectivity index (χ4v) is 2.71. The zero-order valence-corrected chi connectivity index (χ0v) is 11.1. The van der Waals surface area contributed by atoms with E-state index in [1.807, 2.05) is 0 Å². The fourth-order valence-electron chi connectivity index (χ4n) is 2.71. The van der Waals surface area contributed by atoms with Crippen molar-refractivity contribution in [2.75, 3.05) is 26.3 Å². The van der Waals surface area contributed by atoms with Gasteiger partial charge in [-0.2, -0.15) is 0 Å². The van der Waals surface area contributed by atoms with Crippen LogP contribution in [-0.2, 0) is 0 Å². The van der Waals surface area contributed by atoms with Crippen LogP contribution in [0.3, 0.4) is 0 Å². The number of hydrogen-bond acceptors (Lipinski definition) is 3. The summed E-state index contributed by atoms with van der Waals surface area (Å²) in [5, 5.41) is 17.8. The lowest BCUT2D eigenvalue weighted by atomic mass is 10.1. The molecular weight excluding hydrogens is 214 g/mol. The van der Waals surface area contributed by atoms with E-state index in [9.17, 15) is 5.11 Å². The minimum Gasteiger partial charge on any atom is -0.396 e. The molecule has 3 nitrogen and oxygen atoms in total. The van der Waals surface area contributed by atoms with Crippen molar-refractivity contribution in [3.05, 3.63) is 0 Å². The molecule has 102 valence electrons. The molecule has 0 aromatic carbocycles. The molecule has 1 saturated heterocycles. The van der Waals surface area contributed by atoms with Crippen LogP contribution in [0.5, 0.6) is 0 Å². The van der Waals surface area contributed by atoms with Crippen LogP contribution in [0.1, 0.15) is 57.8 Å². The first-order valence-corrected chi connectivity index (χ1v) is 7.34. The lowest BCUT2D eigenvalue weighted by Gasteiger charge is -2.22. The van der Waals surface area contributed by atoms with Crippen LogP contribution in [0, 0.1) is 0 Å². The van der Waals surface area contributed by atoms with Gasteiger partial charge in [0.2, 0.25) is 0 Å². The summed E-state index contributed by atoms with van der Waals surface area (Å²) >= 11 is 0. The minimum atomic E-state index is 0.334. The molecule has 1 unspecified atom stereocenters. The van der Waals surface area contributed by atoms with Crippen molar-refractivity contribution in [3.63, 3.8) is 0 Å². The lowest BCUT2D eigenvalue weighted by Crippen LogP contribution is -2.32. The highest BCUT2D eigenvalue weighted by molar-refractivity contribution is 4.77. The number of aliphatic hydroxyl groups excluding tert-OH is 2. The molecular formula is C14H29NO2. The number of rotatable bonds is 10. The molecule has 0 saturated carbocycles. The molecule has 1 fully saturated rings. The first kappa shape index (κ1) is 14.9. The van der Waals surface area contributed by atoms with E-state index < -0.39 is 0 Å². The second kappa shape index (κ2) is 9.86. The number of aliphatic hydroxyl groups is 2. The maximum absolute atomic E-state index is 9.20. The third-order valence-corrected chi connectivity index (χ3v) is 3.81. The number of hydrogen-bond donors (Lipinski definition) is 2. The third-order valence-electron chi connectivity index (χ3n) is 3.81. The highest BCUT2D eigenvalue weighted by atomic mass is 16.3. The van der Waals surface area contributed by atoms with E-state index in [1.54, 1.807) is 0 Å². The van der Waals surface area contributed by atoms with Crippen LogP contribution in [0.2, 0.25) is 0 Å². The summed E-state index contributed by atoms with van der Waals surface area (Å²) in [5.41, 5.74) is 0. The van der Waals surface area contributed by atoms with E-state index in [0.29, 0.717) is 19.3 Å². The predicted octanol–water partition coefficient (Wildman–Crippen LogP) is 2.17. The first-order chi connectivity index (χ1) is 8.38. The van der Waals surface area contributed by atoms with Crippen LogP contribution >= 0.6 is 0 Å². The minimum absolute atomic E-state index is 0.334. The Hall–Kier alpha value is -0.120. The highest BCUT2D eigenvalue weighted by Crippen LogP contribution is 2.17. The van der Waals surface area contributed by atoms with E-state index in [2.05, 4.69) is 4.90 Å². The normalized spacial score (nSPS) is 21.2. The van der Waals surface area contributed by atoms with Gasteiger partial charge in [-0.1, -0.05) is 32.1 Å². The van der Waals surface area contributed by atoms with Crippen molar-refractivity contribution in [3.8, 4) is 0 Å². The molecule has 2 N–H and O–H groups in total. The van der Waals surface area contributed by atoms with Crippen LogP contribution in [-0.4, -0.2) is 47.5 Å². The standard InChI is InChI=1S/C14H29NO2/c16-12-7-5-3-1-2-4-6-10-15-11-8-9-14(15)13-17/h14,16-17H,1-13H2. The maximum atomic E-state index is 9.20. The molecule has 3 heteroatoms. The Bertz CT molecular complexity index is 176. The molecule has 17 heavy (non-hydrogen) atoms. The van der Waals surface area contributed by atoms with Crippen molar-refractivity contribution in [2.24, 2.45) is 0 Å². The van der Waals surface area contributed by atoms with Gasteiger partial charge in [0.05, 0.1) is 6.61 Å². The molecule has 0 aromatic heterocycles. The number of nitrogens with zero attached hydrogens (tertiary/aromatic N) is 1. The average Bonchev–Trinajstić information content (AvgIpc) is 2.80. The van der Waals surface area contributed by atoms with Crippen LogP contribution in [0.4, 0.5) is 0 Å². The average molecular weight is 243 g/mol. The van der Waals surface area contributed by atoms with E-state index in [1.165, 1.54) is 64.5 Å². The van der Waals surface area contributed by atoms with E-state index in [0.717, 1.165) is 6.42 Å². The van der Waals surface area contributed by atoms with Gasteiger partial charge in [-0.3, -0.25) is 4.90 Å². The van der Waals surface area contributed by atoms with Crippen molar-refractivity contribution < 1.29 is 10.2 Å². The second-order valence-corrected chi connectivity index (χ2v) is 5.21. The van der Waals surface area contributed by atoms with Crippen molar-refractivity contribution in [1.82, 2.24) is 4.90 Å². The van der Waals surface area contributed by atoms with E-state index in [-0.39, 0.29) is 0 Å². The van der Waals surface area contributed by atoms with Gasteiger partial charge in [-0.15, -0.1) is 0 Å². The Morgan fingerprint density at radius 1 is 0.882 bits per heavy atom. The number of unbranched alkanes of at least 4 members (excludes halogenated alkanes) is 6. The van der Waals surface area contributed by atoms with Crippen LogP contribution < -0.4 is 0 Å². The zero-order chi connectivity index (χ0) is 12.3. The second-order valence-electron chi connectivity index (χ2n) is 5.21. The Labute approximate surface area is 106 Å². The van der Waals surface area contributed by atoms with Crippen molar-refractivity contribution in [1.29, 1.82) is 0 Å². The Balaban J connectivity index is 1.87. The quantitative estimate of drug-likeness (QED) is 0.578. The SMILES string of the molecule is OCCCCCCCCCN1CCCC1CO. The van der Waals surface area contributed by atoms with Gasteiger partial charge in [0.1, 0.15) is 0 Å². The predicted molar refractivity (Wildman–Crippen MR) is 71.1 cm³/mol. The molecule has 1 atom stereocenters. The van der Waals surface area contributed by atoms with E-state index >= 15 is 0 Å². The van der Waals surface area contributed by atoms with Crippen molar-refractivity contribution >= 4 is 0 Å². The Kier molecular flexibility index (Phi) is 8.67. The molecule has 0 aliphatic carbocycles. The molecule has 1 rings (SSSR count). The summed E-state index contributed by atoms with van der Waals surface area (Å²) in [6.07, 6.45) is 11.1. The molecule has 0 amide bonds. The van der Waals surface area contributed by atoms with Gasteiger partial charge < -0.3 is 10.2 Å². The Morgan fingerprint density at radius 2 is 1.53 bits per heavy atom. The first-order valence-electron chi connectivity index (χ1n) is 7.34. The fraction of sp³-hybridized carbons (Fsp3) is 1.00. The van der Waals surface area contributed by atoms with Gasteiger partial charge in [0.25, 0.3) is 0 Å². The molecule has 0 radical (unpaired) electrons.